The Morgan fingerprint density at radius 2 is 2.06 bits per heavy atom. The number of benzene rings is 1. The van der Waals surface area contributed by atoms with Gasteiger partial charge in [0.15, 0.2) is 0 Å². The van der Waals surface area contributed by atoms with E-state index in [1.54, 1.807) is 0 Å². The Kier molecular flexibility index (Phi) is 2.32. The summed E-state index contributed by atoms with van der Waals surface area (Å²) in [5, 5.41) is 11.5. The van der Waals surface area contributed by atoms with Gasteiger partial charge in [-0.2, -0.15) is 13.2 Å². The number of carbonyl (C=O) groups excluding carboxylic acids is 1. The molecule has 17 heavy (non-hydrogen) atoms. The Morgan fingerprint density at radius 1 is 1.41 bits per heavy atom. The minimum absolute atomic E-state index is 0.103. The summed E-state index contributed by atoms with van der Waals surface area (Å²) in [7, 11) is 1.34. The lowest BCUT2D eigenvalue weighted by atomic mass is 9.95. The lowest BCUT2D eigenvalue weighted by Crippen LogP contribution is -2.47. The van der Waals surface area contributed by atoms with Gasteiger partial charge in [-0.05, 0) is 12.1 Å². The first kappa shape index (κ1) is 11.7. The van der Waals surface area contributed by atoms with Crippen molar-refractivity contribution in [3.05, 3.63) is 23.8 Å². The second kappa shape index (κ2) is 3.36. The summed E-state index contributed by atoms with van der Waals surface area (Å²) >= 11 is 0. The Hall–Kier alpha value is -1.76. The average Bonchev–Trinajstić information content (AvgIpc) is 2.51. The van der Waals surface area contributed by atoms with E-state index in [1.807, 2.05) is 5.32 Å². The number of hydrogen-bond acceptors (Lipinski definition) is 3. The normalized spacial score (nSPS) is 23.2. The van der Waals surface area contributed by atoms with Crippen molar-refractivity contribution >= 4 is 11.6 Å². The summed E-state index contributed by atoms with van der Waals surface area (Å²) in [6.45, 7) is 0. The Balaban J connectivity index is 2.59. The van der Waals surface area contributed by atoms with Gasteiger partial charge < -0.3 is 15.2 Å². The SMILES string of the molecule is COc1ccc2c(c1)NC(=O)[C@@]2(O)C(F)(F)F. The molecule has 1 heterocycles. The van der Waals surface area contributed by atoms with Crippen molar-refractivity contribution in [3.8, 4) is 5.75 Å². The summed E-state index contributed by atoms with van der Waals surface area (Å²) in [6.07, 6.45) is -5.07. The second-order valence-corrected chi connectivity index (χ2v) is 3.57. The zero-order valence-corrected chi connectivity index (χ0v) is 8.63. The van der Waals surface area contributed by atoms with Crippen molar-refractivity contribution in [1.82, 2.24) is 0 Å². The minimum Gasteiger partial charge on any atom is -0.497 e. The summed E-state index contributed by atoms with van der Waals surface area (Å²) in [4.78, 5) is 11.3. The van der Waals surface area contributed by atoms with Crippen LogP contribution in [0.25, 0.3) is 0 Å². The first-order chi connectivity index (χ1) is 7.80. The molecular weight excluding hydrogens is 239 g/mol. The third kappa shape index (κ3) is 1.46. The van der Waals surface area contributed by atoms with E-state index in [4.69, 9.17) is 4.74 Å². The number of halogens is 3. The van der Waals surface area contributed by atoms with E-state index in [2.05, 4.69) is 0 Å². The highest BCUT2D eigenvalue weighted by Crippen LogP contribution is 2.47. The molecule has 0 unspecified atom stereocenters. The monoisotopic (exact) mass is 247 g/mol. The van der Waals surface area contributed by atoms with Crippen molar-refractivity contribution in [2.45, 2.75) is 11.8 Å². The predicted octanol–water partition coefficient (Wildman–Crippen LogP) is 1.40. The second-order valence-electron chi connectivity index (χ2n) is 3.57. The molecule has 0 saturated heterocycles. The number of rotatable bonds is 1. The van der Waals surface area contributed by atoms with E-state index in [9.17, 15) is 23.1 Å². The van der Waals surface area contributed by atoms with Gasteiger partial charge in [-0.3, -0.25) is 4.79 Å². The smallest absolute Gasteiger partial charge is 0.430 e. The van der Waals surface area contributed by atoms with Crippen LogP contribution in [0, 0.1) is 0 Å². The lowest BCUT2D eigenvalue weighted by molar-refractivity contribution is -0.252. The highest BCUT2D eigenvalue weighted by atomic mass is 19.4. The standard InChI is InChI=1S/C10H8F3NO3/c1-17-5-2-3-6-7(4-5)14-8(15)9(6,16)10(11,12)13/h2-4,16H,1H3,(H,14,15)/t9-/m1/s1. The van der Waals surface area contributed by atoms with Gasteiger partial charge in [0.2, 0.25) is 0 Å². The lowest BCUT2D eigenvalue weighted by Gasteiger charge is -2.23. The van der Waals surface area contributed by atoms with Gasteiger partial charge in [-0.25, -0.2) is 0 Å². The maximum absolute atomic E-state index is 12.7. The number of hydrogen-bond donors (Lipinski definition) is 2. The molecule has 0 radical (unpaired) electrons. The molecule has 2 N–H and O–H groups in total. The molecule has 1 aromatic carbocycles. The highest BCUT2D eigenvalue weighted by molar-refractivity contribution is 6.05. The Morgan fingerprint density at radius 3 is 2.59 bits per heavy atom. The van der Waals surface area contributed by atoms with E-state index in [1.165, 1.54) is 19.2 Å². The van der Waals surface area contributed by atoms with Crippen LogP contribution in [0.1, 0.15) is 5.56 Å². The van der Waals surface area contributed by atoms with Crippen molar-refractivity contribution < 1.29 is 27.8 Å². The molecule has 0 fully saturated rings. The maximum Gasteiger partial charge on any atom is 0.430 e. The molecule has 0 saturated carbocycles. The van der Waals surface area contributed by atoms with Gasteiger partial charge in [0.05, 0.1) is 12.8 Å². The van der Waals surface area contributed by atoms with Crippen LogP contribution in [-0.2, 0) is 10.4 Å². The van der Waals surface area contributed by atoms with Crippen molar-refractivity contribution in [2.24, 2.45) is 0 Å². The molecule has 7 heteroatoms. The third-order valence-corrected chi connectivity index (χ3v) is 2.60. The molecule has 1 atom stereocenters. The number of aliphatic hydroxyl groups is 1. The van der Waals surface area contributed by atoms with Gasteiger partial charge in [-0.1, -0.05) is 0 Å². The fraction of sp³-hybridized carbons (Fsp3) is 0.300. The summed E-state index contributed by atoms with van der Waals surface area (Å²) < 4.78 is 43.0. The van der Waals surface area contributed by atoms with Crippen LogP contribution >= 0.6 is 0 Å². The summed E-state index contributed by atoms with van der Waals surface area (Å²) in [6, 6.07) is 3.48. The first-order valence-corrected chi connectivity index (χ1v) is 4.60. The van der Waals surface area contributed by atoms with E-state index in [0.29, 0.717) is 0 Å². The van der Waals surface area contributed by atoms with Gasteiger partial charge in [0.1, 0.15) is 5.75 Å². The van der Waals surface area contributed by atoms with E-state index in [-0.39, 0.29) is 11.4 Å². The quantitative estimate of drug-likeness (QED) is 0.788. The number of methoxy groups -OCH3 is 1. The molecule has 4 nitrogen and oxygen atoms in total. The van der Waals surface area contributed by atoms with Crippen LogP contribution in [0.4, 0.5) is 18.9 Å². The maximum atomic E-state index is 12.7. The Labute approximate surface area is 94.0 Å². The molecule has 0 bridgehead atoms. The number of amides is 1. The number of anilines is 1. The highest BCUT2D eigenvalue weighted by Gasteiger charge is 2.64. The van der Waals surface area contributed by atoms with Crippen molar-refractivity contribution in [1.29, 1.82) is 0 Å². The topological polar surface area (TPSA) is 58.6 Å². The molecule has 1 aliphatic rings. The molecule has 1 amide bonds. The van der Waals surface area contributed by atoms with Crippen LogP contribution in [0.3, 0.4) is 0 Å². The van der Waals surface area contributed by atoms with Crippen molar-refractivity contribution in [2.75, 3.05) is 12.4 Å². The fourth-order valence-electron chi connectivity index (χ4n) is 1.69. The molecule has 0 aromatic heterocycles. The van der Waals surface area contributed by atoms with Crippen LogP contribution in [-0.4, -0.2) is 24.3 Å². The molecular formula is C10H8F3NO3. The van der Waals surface area contributed by atoms with E-state index in [0.717, 1.165) is 6.07 Å². The first-order valence-electron chi connectivity index (χ1n) is 4.60. The largest absolute Gasteiger partial charge is 0.497 e. The fourth-order valence-corrected chi connectivity index (χ4v) is 1.69. The van der Waals surface area contributed by atoms with Crippen molar-refractivity contribution in [3.63, 3.8) is 0 Å². The van der Waals surface area contributed by atoms with Crippen LogP contribution < -0.4 is 10.1 Å². The average molecular weight is 247 g/mol. The predicted molar refractivity (Wildman–Crippen MR) is 51.6 cm³/mol. The van der Waals surface area contributed by atoms with E-state index >= 15 is 0 Å². The molecule has 92 valence electrons. The summed E-state index contributed by atoms with van der Waals surface area (Å²) in [5.41, 5.74) is -4.11. The van der Waals surface area contributed by atoms with Crippen LogP contribution in [0.5, 0.6) is 5.75 Å². The zero-order chi connectivity index (χ0) is 12.8. The molecule has 0 spiro atoms. The number of fused-ring (bicyclic) bond motifs is 1. The minimum atomic E-state index is -5.07. The zero-order valence-electron chi connectivity index (χ0n) is 8.63. The van der Waals surface area contributed by atoms with Crippen LogP contribution in [0.15, 0.2) is 18.2 Å². The van der Waals surface area contributed by atoms with Gasteiger partial charge in [-0.15, -0.1) is 0 Å². The molecule has 1 aliphatic heterocycles. The van der Waals surface area contributed by atoms with E-state index < -0.39 is 23.2 Å². The molecule has 2 rings (SSSR count). The third-order valence-electron chi connectivity index (χ3n) is 2.60. The Bertz CT molecular complexity index is 486. The number of alkyl halides is 3. The van der Waals surface area contributed by atoms with Gasteiger partial charge in [0, 0.05) is 11.6 Å². The number of carbonyl (C=O) groups is 1. The van der Waals surface area contributed by atoms with Crippen LogP contribution in [0.2, 0.25) is 0 Å². The van der Waals surface area contributed by atoms with Gasteiger partial charge in [0.25, 0.3) is 11.5 Å². The molecule has 1 aromatic rings. The summed E-state index contributed by atoms with van der Waals surface area (Å²) in [5.74, 6) is -1.22. The number of ether oxygens (including phenoxy) is 1. The van der Waals surface area contributed by atoms with Gasteiger partial charge >= 0.3 is 6.18 Å². The molecule has 0 aliphatic carbocycles. The number of nitrogens with one attached hydrogen (secondary N) is 1.